The second-order valence-corrected chi connectivity index (χ2v) is 4.90. The van der Waals surface area contributed by atoms with Gasteiger partial charge in [0.05, 0.1) is 31.0 Å². The Morgan fingerprint density at radius 1 is 1.40 bits per heavy atom. The van der Waals surface area contributed by atoms with Crippen molar-refractivity contribution in [3.8, 4) is 5.75 Å². The minimum Gasteiger partial charge on any atom is -0.495 e. The smallest absolute Gasteiger partial charge is 0.253 e. The monoisotopic (exact) mass is 280 g/mol. The molecule has 1 atom stereocenters. The number of nitrogens with two attached hydrogens (primary N) is 1. The number of ether oxygens (including phenoxy) is 2. The van der Waals surface area contributed by atoms with Gasteiger partial charge in [-0.1, -0.05) is 19.9 Å². The summed E-state index contributed by atoms with van der Waals surface area (Å²) in [5, 5.41) is 2.96. The molecule has 0 radical (unpaired) electrons. The van der Waals surface area contributed by atoms with Gasteiger partial charge in [0, 0.05) is 6.61 Å². The molecule has 0 saturated carbocycles. The standard InChI is InChI=1S/C15H24N2O3/c1-5-20-9-12(10(2)3)17-15(18)11-7-6-8-13(19-4)14(11)16/h6-8,10,12H,5,9,16H2,1-4H3,(H,17,18). The lowest BCUT2D eigenvalue weighted by Crippen LogP contribution is -2.42. The summed E-state index contributed by atoms with van der Waals surface area (Å²) >= 11 is 0. The number of hydrogen-bond acceptors (Lipinski definition) is 4. The Morgan fingerprint density at radius 3 is 2.65 bits per heavy atom. The highest BCUT2D eigenvalue weighted by atomic mass is 16.5. The zero-order valence-corrected chi connectivity index (χ0v) is 12.6. The van der Waals surface area contributed by atoms with Crippen molar-refractivity contribution in [3.63, 3.8) is 0 Å². The van der Waals surface area contributed by atoms with E-state index in [2.05, 4.69) is 5.32 Å². The van der Waals surface area contributed by atoms with Gasteiger partial charge in [0.2, 0.25) is 0 Å². The predicted octanol–water partition coefficient (Wildman–Crippen LogP) is 2.07. The van der Waals surface area contributed by atoms with E-state index >= 15 is 0 Å². The van der Waals surface area contributed by atoms with Gasteiger partial charge >= 0.3 is 0 Å². The molecule has 1 aromatic carbocycles. The average Bonchev–Trinajstić information content (AvgIpc) is 2.43. The normalized spacial score (nSPS) is 12.2. The molecule has 0 spiro atoms. The lowest BCUT2D eigenvalue weighted by atomic mass is 10.0. The van der Waals surface area contributed by atoms with Crippen LogP contribution in [0.25, 0.3) is 0 Å². The molecular weight excluding hydrogens is 256 g/mol. The first kappa shape index (κ1) is 16.3. The van der Waals surface area contributed by atoms with Crippen LogP contribution in [0.3, 0.4) is 0 Å². The van der Waals surface area contributed by atoms with Gasteiger partial charge in [-0.2, -0.15) is 0 Å². The second-order valence-electron chi connectivity index (χ2n) is 4.90. The summed E-state index contributed by atoms with van der Waals surface area (Å²) in [6.45, 7) is 7.13. The van der Waals surface area contributed by atoms with E-state index in [1.54, 1.807) is 18.2 Å². The predicted molar refractivity (Wildman–Crippen MR) is 80.0 cm³/mol. The summed E-state index contributed by atoms with van der Waals surface area (Å²) in [7, 11) is 1.53. The van der Waals surface area contributed by atoms with Crippen molar-refractivity contribution in [1.29, 1.82) is 0 Å². The first-order chi connectivity index (χ1) is 9.51. The van der Waals surface area contributed by atoms with Gasteiger partial charge < -0.3 is 20.5 Å². The summed E-state index contributed by atoms with van der Waals surface area (Å²) in [6.07, 6.45) is 0. The number of nitrogens with one attached hydrogen (secondary N) is 1. The van der Waals surface area contributed by atoms with E-state index in [4.69, 9.17) is 15.2 Å². The molecule has 5 heteroatoms. The van der Waals surface area contributed by atoms with E-state index in [1.165, 1.54) is 7.11 Å². The maximum atomic E-state index is 12.3. The summed E-state index contributed by atoms with van der Waals surface area (Å²) in [5.74, 6) is 0.570. The molecule has 0 aliphatic heterocycles. The van der Waals surface area contributed by atoms with Gasteiger partial charge in [0.25, 0.3) is 5.91 Å². The number of carbonyl (C=O) groups is 1. The molecule has 0 saturated heterocycles. The van der Waals surface area contributed by atoms with E-state index in [1.807, 2.05) is 20.8 Å². The van der Waals surface area contributed by atoms with Crippen molar-refractivity contribution < 1.29 is 14.3 Å². The zero-order chi connectivity index (χ0) is 15.1. The first-order valence-electron chi connectivity index (χ1n) is 6.82. The van der Waals surface area contributed by atoms with Crippen LogP contribution in [0.4, 0.5) is 5.69 Å². The molecule has 0 heterocycles. The molecule has 1 amide bonds. The lowest BCUT2D eigenvalue weighted by molar-refractivity contribution is 0.0806. The van der Waals surface area contributed by atoms with Gasteiger partial charge in [-0.25, -0.2) is 0 Å². The molecule has 5 nitrogen and oxygen atoms in total. The summed E-state index contributed by atoms with van der Waals surface area (Å²) in [6, 6.07) is 5.11. The average molecular weight is 280 g/mol. The highest BCUT2D eigenvalue weighted by molar-refractivity contribution is 6.00. The second kappa shape index (κ2) is 7.75. The van der Waals surface area contributed by atoms with Gasteiger partial charge in [-0.3, -0.25) is 4.79 Å². The Morgan fingerprint density at radius 2 is 2.10 bits per heavy atom. The number of methoxy groups -OCH3 is 1. The molecule has 3 N–H and O–H groups in total. The van der Waals surface area contributed by atoms with Crippen LogP contribution in [0, 0.1) is 5.92 Å². The van der Waals surface area contributed by atoms with Crippen LogP contribution in [0.5, 0.6) is 5.75 Å². The van der Waals surface area contributed by atoms with Gasteiger partial charge in [-0.05, 0) is 25.0 Å². The minimum absolute atomic E-state index is 0.0481. The minimum atomic E-state index is -0.209. The summed E-state index contributed by atoms with van der Waals surface area (Å²) in [4.78, 5) is 12.3. The number of hydrogen-bond donors (Lipinski definition) is 2. The molecule has 0 fully saturated rings. The van der Waals surface area contributed by atoms with E-state index in [0.29, 0.717) is 30.2 Å². The number of carbonyl (C=O) groups excluding carboxylic acids is 1. The molecule has 112 valence electrons. The third-order valence-corrected chi connectivity index (χ3v) is 3.15. The quantitative estimate of drug-likeness (QED) is 0.750. The van der Waals surface area contributed by atoms with Gasteiger partial charge in [0.15, 0.2) is 0 Å². The molecule has 0 aliphatic carbocycles. The largest absolute Gasteiger partial charge is 0.495 e. The van der Waals surface area contributed by atoms with Crippen molar-refractivity contribution >= 4 is 11.6 Å². The Hall–Kier alpha value is -1.75. The van der Waals surface area contributed by atoms with Crippen LogP contribution in [-0.2, 0) is 4.74 Å². The highest BCUT2D eigenvalue weighted by Crippen LogP contribution is 2.24. The van der Waals surface area contributed by atoms with Crippen LogP contribution >= 0.6 is 0 Å². The Balaban J connectivity index is 2.83. The molecular formula is C15H24N2O3. The third-order valence-electron chi connectivity index (χ3n) is 3.15. The highest BCUT2D eigenvalue weighted by Gasteiger charge is 2.19. The maximum Gasteiger partial charge on any atom is 0.253 e. The van der Waals surface area contributed by atoms with Crippen molar-refractivity contribution in [1.82, 2.24) is 5.32 Å². The number of nitrogen functional groups attached to an aromatic ring is 1. The Labute approximate surface area is 120 Å². The molecule has 0 bridgehead atoms. The van der Waals surface area contributed by atoms with E-state index in [-0.39, 0.29) is 17.9 Å². The van der Waals surface area contributed by atoms with E-state index < -0.39 is 0 Å². The van der Waals surface area contributed by atoms with Gasteiger partial charge in [-0.15, -0.1) is 0 Å². The topological polar surface area (TPSA) is 73.6 Å². The van der Waals surface area contributed by atoms with Crippen LogP contribution in [0.2, 0.25) is 0 Å². The Kier molecular flexibility index (Phi) is 6.31. The molecule has 1 unspecified atom stereocenters. The van der Waals surface area contributed by atoms with Crippen LogP contribution in [0.1, 0.15) is 31.1 Å². The Bertz CT molecular complexity index is 447. The zero-order valence-electron chi connectivity index (χ0n) is 12.6. The fraction of sp³-hybridized carbons (Fsp3) is 0.533. The van der Waals surface area contributed by atoms with E-state index in [9.17, 15) is 4.79 Å². The maximum absolute atomic E-state index is 12.3. The third kappa shape index (κ3) is 4.13. The molecule has 0 aliphatic rings. The molecule has 1 aromatic rings. The van der Waals surface area contributed by atoms with Crippen molar-refractivity contribution in [3.05, 3.63) is 23.8 Å². The van der Waals surface area contributed by atoms with Gasteiger partial charge in [0.1, 0.15) is 5.75 Å². The fourth-order valence-electron chi connectivity index (χ4n) is 1.81. The summed E-state index contributed by atoms with van der Waals surface area (Å²) in [5.41, 5.74) is 6.71. The SMILES string of the molecule is CCOCC(NC(=O)c1cccc(OC)c1N)C(C)C. The fourth-order valence-corrected chi connectivity index (χ4v) is 1.81. The molecule has 20 heavy (non-hydrogen) atoms. The van der Waals surface area contributed by atoms with E-state index in [0.717, 1.165) is 0 Å². The molecule has 0 aromatic heterocycles. The molecule has 1 rings (SSSR count). The lowest BCUT2D eigenvalue weighted by Gasteiger charge is -2.22. The summed E-state index contributed by atoms with van der Waals surface area (Å²) < 4.78 is 10.5. The first-order valence-corrected chi connectivity index (χ1v) is 6.82. The number of rotatable bonds is 7. The van der Waals surface area contributed by atoms with Crippen molar-refractivity contribution in [2.75, 3.05) is 26.1 Å². The number of anilines is 1. The van der Waals surface area contributed by atoms with Crippen molar-refractivity contribution in [2.24, 2.45) is 5.92 Å². The number of benzene rings is 1. The van der Waals surface area contributed by atoms with Crippen LogP contribution in [-0.4, -0.2) is 32.3 Å². The van der Waals surface area contributed by atoms with Crippen molar-refractivity contribution in [2.45, 2.75) is 26.8 Å². The van der Waals surface area contributed by atoms with Crippen LogP contribution in [0.15, 0.2) is 18.2 Å². The number of para-hydroxylation sites is 1. The number of amides is 1. The van der Waals surface area contributed by atoms with Crippen LogP contribution < -0.4 is 15.8 Å².